The summed E-state index contributed by atoms with van der Waals surface area (Å²) in [5, 5.41) is 2.52. The largest absolute Gasteiger partial charge is 0.449 e. The van der Waals surface area contributed by atoms with E-state index in [1.54, 1.807) is 19.1 Å². The number of aryl methyl sites for hydroxylation is 1. The summed E-state index contributed by atoms with van der Waals surface area (Å²) in [6.45, 7) is 3.18. The molecule has 0 aliphatic rings. The highest BCUT2D eigenvalue weighted by Gasteiger charge is 2.21. The molecule has 0 saturated carbocycles. The number of carbonyl (C=O) groups excluding carboxylic acids is 2. The number of nitrogen functional groups attached to an aromatic ring is 1. The molecule has 1 amide bonds. The number of nitrogens with two attached hydrogens (primary N) is 1. The summed E-state index contributed by atoms with van der Waals surface area (Å²) < 4.78 is 18.1. The molecule has 2 aromatic carbocycles. The fourth-order valence-corrected chi connectivity index (χ4v) is 2.18. The summed E-state index contributed by atoms with van der Waals surface area (Å²) in [4.78, 5) is 24.2. The molecule has 5 nitrogen and oxygen atoms in total. The van der Waals surface area contributed by atoms with Crippen LogP contribution < -0.4 is 11.1 Å². The minimum Gasteiger partial charge on any atom is -0.449 e. The molecule has 0 aliphatic heterocycles. The van der Waals surface area contributed by atoms with E-state index in [2.05, 4.69) is 5.32 Å². The second-order valence-corrected chi connectivity index (χ2v) is 5.60. The lowest BCUT2D eigenvalue weighted by Gasteiger charge is -2.15. The molecular formula is C17H16ClFN2O3. The Kier molecular flexibility index (Phi) is 5.41. The van der Waals surface area contributed by atoms with Crippen molar-refractivity contribution in [3.63, 3.8) is 0 Å². The second-order valence-electron chi connectivity index (χ2n) is 5.20. The Hall–Kier alpha value is -2.60. The van der Waals surface area contributed by atoms with Crippen LogP contribution in [0.2, 0.25) is 5.02 Å². The van der Waals surface area contributed by atoms with Crippen LogP contribution in [0.3, 0.4) is 0 Å². The van der Waals surface area contributed by atoms with Crippen molar-refractivity contribution in [2.45, 2.75) is 20.0 Å². The van der Waals surface area contributed by atoms with Crippen LogP contribution in [0.25, 0.3) is 0 Å². The molecule has 1 atom stereocenters. The molecule has 3 N–H and O–H groups in total. The molecular weight excluding hydrogens is 335 g/mol. The van der Waals surface area contributed by atoms with Crippen molar-refractivity contribution in [2.75, 3.05) is 11.1 Å². The first-order valence-electron chi connectivity index (χ1n) is 7.11. The maximum Gasteiger partial charge on any atom is 0.341 e. The zero-order chi connectivity index (χ0) is 17.9. The van der Waals surface area contributed by atoms with Crippen LogP contribution in [0.4, 0.5) is 15.8 Å². The van der Waals surface area contributed by atoms with E-state index in [1.165, 1.54) is 19.1 Å². The lowest BCUT2D eigenvalue weighted by molar-refractivity contribution is -0.123. The van der Waals surface area contributed by atoms with Gasteiger partial charge in [0.05, 0.1) is 16.3 Å². The van der Waals surface area contributed by atoms with Crippen molar-refractivity contribution in [1.82, 2.24) is 0 Å². The third kappa shape index (κ3) is 4.02. The Morgan fingerprint density at radius 2 is 2.00 bits per heavy atom. The number of anilines is 2. The summed E-state index contributed by atoms with van der Waals surface area (Å²) in [6, 6.07) is 8.51. The normalized spacial score (nSPS) is 11.7. The van der Waals surface area contributed by atoms with E-state index < -0.39 is 23.8 Å². The van der Waals surface area contributed by atoms with Crippen molar-refractivity contribution in [3.8, 4) is 0 Å². The van der Waals surface area contributed by atoms with Gasteiger partial charge in [-0.2, -0.15) is 0 Å². The SMILES string of the molecule is Cc1cccc(C(=O)O[C@@H](C)C(=O)Nc2ccc(F)cc2Cl)c1N. The van der Waals surface area contributed by atoms with E-state index in [9.17, 15) is 14.0 Å². The lowest BCUT2D eigenvalue weighted by atomic mass is 10.1. The molecule has 0 heterocycles. The highest BCUT2D eigenvalue weighted by atomic mass is 35.5. The molecule has 0 aliphatic carbocycles. The fraction of sp³-hybridized carbons (Fsp3) is 0.176. The van der Waals surface area contributed by atoms with Crippen molar-refractivity contribution in [1.29, 1.82) is 0 Å². The minimum absolute atomic E-state index is 0.0461. The van der Waals surface area contributed by atoms with Crippen LogP contribution in [-0.2, 0) is 9.53 Å². The molecule has 0 bridgehead atoms. The Labute approximate surface area is 143 Å². The summed E-state index contributed by atoms with van der Waals surface area (Å²) in [6.07, 6.45) is -1.08. The summed E-state index contributed by atoms with van der Waals surface area (Å²) in [5.41, 5.74) is 7.29. The van der Waals surface area contributed by atoms with Crippen LogP contribution in [0.5, 0.6) is 0 Å². The first-order chi connectivity index (χ1) is 11.3. The maximum absolute atomic E-state index is 13.0. The van der Waals surface area contributed by atoms with Crippen molar-refractivity contribution in [3.05, 3.63) is 58.4 Å². The number of amides is 1. The van der Waals surface area contributed by atoms with Crippen LogP contribution in [0.15, 0.2) is 36.4 Å². The fourth-order valence-electron chi connectivity index (χ4n) is 1.96. The predicted octanol–water partition coefficient (Wildman–Crippen LogP) is 3.55. The van der Waals surface area contributed by atoms with Gasteiger partial charge in [-0.05, 0) is 43.7 Å². The third-order valence-electron chi connectivity index (χ3n) is 3.39. The van der Waals surface area contributed by atoms with Gasteiger partial charge in [0.25, 0.3) is 5.91 Å². The first kappa shape index (κ1) is 17.7. The standard InChI is InChI=1S/C17H16ClFN2O3/c1-9-4-3-5-12(15(9)20)17(23)24-10(2)16(22)21-14-7-6-11(19)8-13(14)18/h3-8,10H,20H2,1-2H3,(H,21,22)/t10-/m0/s1. The molecule has 0 aromatic heterocycles. The number of ether oxygens (including phenoxy) is 1. The van der Waals surface area contributed by atoms with E-state index in [-0.39, 0.29) is 16.3 Å². The molecule has 7 heteroatoms. The summed E-state index contributed by atoms with van der Waals surface area (Å²) in [5.74, 6) is -1.82. The maximum atomic E-state index is 13.0. The number of nitrogens with one attached hydrogen (secondary N) is 1. The Bertz CT molecular complexity index is 795. The lowest BCUT2D eigenvalue weighted by Crippen LogP contribution is -2.30. The average Bonchev–Trinajstić information content (AvgIpc) is 2.52. The smallest absolute Gasteiger partial charge is 0.341 e. The molecule has 0 spiro atoms. The van der Waals surface area contributed by atoms with Crippen LogP contribution in [0, 0.1) is 12.7 Å². The number of esters is 1. The first-order valence-corrected chi connectivity index (χ1v) is 7.49. The predicted molar refractivity (Wildman–Crippen MR) is 90.5 cm³/mol. The van der Waals surface area contributed by atoms with Crippen molar-refractivity contribution in [2.24, 2.45) is 0 Å². The molecule has 0 saturated heterocycles. The van der Waals surface area contributed by atoms with Gasteiger partial charge in [-0.3, -0.25) is 4.79 Å². The summed E-state index contributed by atoms with van der Waals surface area (Å²) in [7, 11) is 0. The van der Waals surface area contributed by atoms with E-state index >= 15 is 0 Å². The molecule has 0 radical (unpaired) electrons. The second kappa shape index (κ2) is 7.31. The number of para-hydroxylation sites is 1. The Morgan fingerprint density at radius 1 is 1.29 bits per heavy atom. The van der Waals surface area contributed by atoms with Gasteiger partial charge in [0.1, 0.15) is 5.82 Å². The number of hydrogen-bond donors (Lipinski definition) is 2. The summed E-state index contributed by atoms with van der Waals surface area (Å²) >= 11 is 5.84. The molecule has 126 valence electrons. The monoisotopic (exact) mass is 350 g/mol. The number of carbonyl (C=O) groups is 2. The molecule has 0 unspecified atom stereocenters. The molecule has 2 rings (SSSR count). The quantitative estimate of drug-likeness (QED) is 0.652. The zero-order valence-corrected chi connectivity index (χ0v) is 13.9. The highest BCUT2D eigenvalue weighted by molar-refractivity contribution is 6.33. The van der Waals surface area contributed by atoms with Gasteiger partial charge in [-0.1, -0.05) is 23.7 Å². The number of rotatable bonds is 4. The van der Waals surface area contributed by atoms with Crippen molar-refractivity contribution >= 4 is 34.9 Å². The minimum atomic E-state index is -1.08. The third-order valence-corrected chi connectivity index (χ3v) is 3.70. The van der Waals surface area contributed by atoms with Gasteiger partial charge in [-0.25, -0.2) is 9.18 Å². The Balaban J connectivity index is 2.06. The molecule has 2 aromatic rings. The van der Waals surface area contributed by atoms with E-state index in [4.69, 9.17) is 22.1 Å². The Morgan fingerprint density at radius 3 is 2.67 bits per heavy atom. The van der Waals surface area contributed by atoms with Gasteiger partial charge in [0.15, 0.2) is 6.10 Å². The highest BCUT2D eigenvalue weighted by Crippen LogP contribution is 2.23. The number of halogens is 2. The van der Waals surface area contributed by atoms with E-state index in [0.717, 1.165) is 17.7 Å². The zero-order valence-electron chi connectivity index (χ0n) is 13.1. The topological polar surface area (TPSA) is 81.4 Å². The number of hydrogen-bond acceptors (Lipinski definition) is 4. The van der Waals surface area contributed by atoms with E-state index in [0.29, 0.717) is 5.69 Å². The van der Waals surface area contributed by atoms with Gasteiger partial charge >= 0.3 is 5.97 Å². The molecule has 24 heavy (non-hydrogen) atoms. The van der Waals surface area contributed by atoms with Gasteiger partial charge < -0.3 is 15.8 Å². The van der Waals surface area contributed by atoms with Crippen LogP contribution >= 0.6 is 11.6 Å². The number of benzene rings is 2. The molecule has 0 fully saturated rings. The van der Waals surface area contributed by atoms with Crippen molar-refractivity contribution < 1.29 is 18.7 Å². The van der Waals surface area contributed by atoms with Gasteiger partial charge in [0.2, 0.25) is 0 Å². The van der Waals surface area contributed by atoms with Crippen LogP contribution in [0.1, 0.15) is 22.8 Å². The van der Waals surface area contributed by atoms with Gasteiger partial charge in [0, 0.05) is 5.69 Å². The van der Waals surface area contributed by atoms with Crippen LogP contribution in [-0.4, -0.2) is 18.0 Å². The van der Waals surface area contributed by atoms with E-state index in [1.807, 2.05) is 0 Å². The average molecular weight is 351 g/mol. The van der Waals surface area contributed by atoms with Gasteiger partial charge in [-0.15, -0.1) is 0 Å².